The van der Waals surface area contributed by atoms with Gasteiger partial charge in [0.2, 0.25) is 12.3 Å². The van der Waals surface area contributed by atoms with Crippen molar-refractivity contribution in [1.29, 1.82) is 0 Å². The number of benzene rings is 2. The van der Waals surface area contributed by atoms with Gasteiger partial charge < -0.3 is 34.2 Å². The molecule has 1 aromatic heterocycles. The van der Waals surface area contributed by atoms with Crippen LogP contribution in [0.25, 0.3) is 11.3 Å². The second kappa shape index (κ2) is 22.0. The van der Waals surface area contributed by atoms with E-state index in [0.29, 0.717) is 49.5 Å². The summed E-state index contributed by atoms with van der Waals surface area (Å²) in [4.78, 5) is 44.4. The molecule has 2 atom stereocenters. The molecule has 2 aromatic carbocycles. The first-order valence-corrected chi connectivity index (χ1v) is 19.4. The smallest absolute Gasteiger partial charge is 0.344 e. The molecule has 0 aliphatic heterocycles. The van der Waals surface area contributed by atoms with Gasteiger partial charge >= 0.3 is 7.60 Å². The lowest BCUT2D eigenvalue weighted by Gasteiger charge is -2.32. The standard InChI is InChI=1S/C37H53N4O9P/c1-6-11-17-32(33(7-2)41(27-42)47-24-28-15-13-12-14-16-28)36(43)39-25-40-37(44)35-19-18-34(50-35)30-20-29(21-31(22-30)46-8-3)23-38-26-51(45,48-9-4)49-10-5/h12-16,18-22,27,32-33,38H,6-11,17,23-26H2,1-5H3,(H,39,43)(H,40,44)/t32-,33-/m1/s1. The number of nitrogens with one attached hydrogen (secondary N) is 3. The maximum Gasteiger partial charge on any atom is 0.344 e. The number of rotatable bonds is 25. The molecule has 3 aromatic rings. The van der Waals surface area contributed by atoms with Gasteiger partial charge in [0.1, 0.15) is 18.1 Å². The van der Waals surface area contributed by atoms with Crippen molar-refractivity contribution in [3.8, 4) is 17.1 Å². The van der Waals surface area contributed by atoms with E-state index in [1.54, 1.807) is 26.0 Å². The Bertz CT molecular complexity index is 1540. The zero-order valence-electron chi connectivity index (χ0n) is 30.4. The molecule has 0 spiro atoms. The normalized spacial score (nSPS) is 12.6. The number of carbonyl (C=O) groups excluding carboxylic acids is 3. The van der Waals surface area contributed by atoms with Gasteiger partial charge in [0.15, 0.2) is 5.76 Å². The molecule has 0 aliphatic rings. The van der Waals surface area contributed by atoms with Gasteiger partial charge in [-0.05, 0) is 75.1 Å². The number of hydrogen-bond donors (Lipinski definition) is 3. The number of unbranched alkanes of at least 4 members (excludes halogenated alkanes) is 1. The molecule has 3 rings (SSSR count). The van der Waals surface area contributed by atoms with E-state index >= 15 is 0 Å². The summed E-state index contributed by atoms with van der Waals surface area (Å²) in [6.07, 6.45) is 3.36. The molecule has 280 valence electrons. The fourth-order valence-corrected chi connectivity index (χ4v) is 6.98. The number of nitrogens with zero attached hydrogens (tertiary/aromatic N) is 1. The second-order valence-electron chi connectivity index (χ2n) is 11.7. The Morgan fingerprint density at radius 1 is 0.922 bits per heavy atom. The lowest BCUT2D eigenvalue weighted by atomic mass is 9.91. The van der Waals surface area contributed by atoms with Crippen LogP contribution >= 0.6 is 7.60 Å². The summed E-state index contributed by atoms with van der Waals surface area (Å²) in [6, 6.07) is 17.8. The van der Waals surface area contributed by atoms with Crippen LogP contribution in [-0.4, -0.2) is 62.1 Å². The third kappa shape index (κ3) is 13.2. The molecule has 0 aliphatic carbocycles. The van der Waals surface area contributed by atoms with Crippen LogP contribution in [0.2, 0.25) is 0 Å². The van der Waals surface area contributed by atoms with Crippen molar-refractivity contribution in [2.75, 3.05) is 32.8 Å². The van der Waals surface area contributed by atoms with Gasteiger partial charge in [0.25, 0.3) is 5.91 Å². The fraction of sp³-hybridized carbons (Fsp3) is 0.486. The van der Waals surface area contributed by atoms with Gasteiger partial charge in [-0.1, -0.05) is 57.0 Å². The SMILES string of the molecule is CCCC[C@@H](C(=O)NCNC(=O)c1ccc(-c2cc(CNCP(=O)(OCC)OCC)cc(OCC)c2)o1)[C@@H](CC)N(C=O)OCc1ccccc1. The maximum atomic E-state index is 13.4. The highest BCUT2D eigenvalue weighted by Gasteiger charge is 2.32. The molecule has 3 amide bonds. The summed E-state index contributed by atoms with van der Waals surface area (Å²) < 4.78 is 35.2. The van der Waals surface area contributed by atoms with Crippen LogP contribution in [0.3, 0.4) is 0 Å². The summed E-state index contributed by atoms with van der Waals surface area (Å²) in [5, 5.41) is 9.87. The average Bonchev–Trinajstić information content (AvgIpc) is 3.63. The zero-order chi connectivity index (χ0) is 37.1. The predicted molar refractivity (Wildman–Crippen MR) is 195 cm³/mol. The second-order valence-corrected chi connectivity index (χ2v) is 13.7. The summed E-state index contributed by atoms with van der Waals surface area (Å²) in [5.74, 6) is -0.240. The molecular weight excluding hydrogens is 675 g/mol. The number of hydroxylamine groups is 2. The van der Waals surface area contributed by atoms with E-state index in [1.807, 2.05) is 69.3 Å². The van der Waals surface area contributed by atoms with Gasteiger partial charge in [-0.25, -0.2) is 5.06 Å². The summed E-state index contributed by atoms with van der Waals surface area (Å²) in [6.45, 7) is 10.7. The Kier molecular flexibility index (Phi) is 17.9. The number of amides is 3. The van der Waals surface area contributed by atoms with Crippen LogP contribution < -0.4 is 20.7 Å². The van der Waals surface area contributed by atoms with Gasteiger partial charge in [-0.15, -0.1) is 0 Å². The Balaban J connectivity index is 1.64. The van der Waals surface area contributed by atoms with Crippen LogP contribution in [0.1, 0.15) is 82.0 Å². The Morgan fingerprint density at radius 2 is 1.67 bits per heavy atom. The third-order valence-corrected chi connectivity index (χ3v) is 9.85. The Hall–Kier alpha value is -4.00. The van der Waals surface area contributed by atoms with E-state index in [2.05, 4.69) is 16.0 Å². The summed E-state index contributed by atoms with van der Waals surface area (Å²) >= 11 is 0. The van der Waals surface area contributed by atoms with E-state index in [1.165, 1.54) is 5.06 Å². The van der Waals surface area contributed by atoms with Gasteiger partial charge in [-0.2, -0.15) is 0 Å². The maximum absolute atomic E-state index is 13.4. The molecule has 0 fully saturated rings. The van der Waals surface area contributed by atoms with Crippen molar-refractivity contribution in [1.82, 2.24) is 21.0 Å². The van der Waals surface area contributed by atoms with Crippen LogP contribution in [0.5, 0.6) is 5.75 Å². The summed E-state index contributed by atoms with van der Waals surface area (Å²) in [5.41, 5.74) is 2.42. The molecule has 0 saturated carbocycles. The summed E-state index contributed by atoms with van der Waals surface area (Å²) in [7, 11) is -3.27. The van der Waals surface area contributed by atoms with Crippen molar-refractivity contribution in [2.45, 2.75) is 79.5 Å². The molecule has 1 heterocycles. The minimum Gasteiger partial charge on any atom is -0.494 e. The molecule has 51 heavy (non-hydrogen) atoms. The van der Waals surface area contributed by atoms with Crippen molar-refractivity contribution >= 4 is 25.8 Å². The minimum absolute atomic E-state index is 0.0420. The highest BCUT2D eigenvalue weighted by atomic mass is 31.2. The first-order valence-electron chi connectivity index (χ1n) is 17.6. The molecule has 3 N–H and O–H groups in total. The average molecular weight is 729 g/mol. The van der Waals surface area contributed by atoms with Crippen molar-refractivity contribution in [3.63, 3.8) is 0 Å². The Labute approximate surface area is 301 Å². The molecule has 14 heteroatoms. The monoisotopic (exact) mass is 728 g/mol. The lowest BCUT2D eigenvalue weighted by molar-refractivity contribution is -0.200. The van der Waals surface area contributed by atoms with Crippen LogP contribution in [0, 0.1) is 5.92 Å². The van der Waals surface area contributed by atoms with Crippen LogP contribution in [0.4, 0.5) is 0 Å². The van der Waals surface area contributed by atoms with Gasteiger partial charge in [0, 0.05) is 12.1 Å². The highest BCUT2D eigenvalue weighted by Crippen LogP contribution is 2.46. The minimum atomic E-state index is -3.27. The molecule has 0 radical (unpaired) electrons. The number of ether oxygens (including phenoxy) is 1. The number of hydrogen-bond acceptors (Lipinski definition) is 10. The van der Waals surface area contributed by atoms with E-state index < -0.39 is 25.5 Å². The van der Waals surface area contributed by atoms with Crippen LogP contribution in [0.15, 0.2) is 65.1 Å². The molecule has 0 unspecified atom stereocenters. The van der Waals surface area contributed by atoms with Crippen molar-refractivity contribution < 1.29 is 42.0 Å². The quantitative estimate of drug-likeness (QED) is 0.0374. The number of carbonyl (C=O) groups is 3. The predicted octanol–water partition coefficient (Wildman–Crippen LogP) is 6.64. The first-order chi connectivity index (χ1) is 24.7. The van der Waals surface area contributed by atoms with Crippen LogP contribution in [-0.2, 0) is 41.2 Å². The van der Waals surface area contributed by atoms with E-state index in [0.717, 1.165) is 24.0 Å². The first kappa shape index (κ1) is 41.4. The van der Waals surface area contributed by atoms with Gasteiger partial charge in [0.05, 0.1) is 44.7 Å². The molecule has 0 saturated heterocycles. The third-order valence-electron chi connectivity index (χ3n) is 7.93. The largest absolute Gasteiger partial charge is 0.494 e. The molecule has 13 nitrogen and oxygen atoms in total. The Morgan fingerprint density at radius 3 is 2.31 bits per heavy atom. The lowest BCUT2D eigenvalue weighted by Crippen LogP contribution is -2.48. The topological polar surface area (TPSA) is 158 Å². The highest BCUT2D eigenvalue weighted by molar-refractivity contribution is 7.53. The molecular formula is C37H53N4O9P. The number of furan rings is 1. The fourth-order valence-electron chi connectivity index (χ4n) is 5.55. The van der Waals surface area contributed by atoms with E-state index in [9.17, 15) is 18.9 Å². The van der Waals surface area contributed by atoms with E-state index in [4.69, 9.17) is 23.0 Å². The van der Waals surface area contributed by atoms with Gasteiger partial charge in [-0.3, -0.25) is 23.8 Å². The molecule has 0 bridgehead atoms. The van der Waals surface area contributed by atoms with Crippen molar-refractivity contribution in [2.24, 2.45) is 5.92 Å². The van der Waals surface area contributed by atoms with Crippen molar-refractivity contribution in [3.05, 3.63) is 77.6 Å². The zero-order valence-corrected chi connectivity index (χ0v) is 31.2. The van der Waals surface area contributed by atoms with E-state index in [-0.39, 0.29) is 44.4 Å².